The maximum Gasteiger partial charge on any atom is 0.322 e. The summed E-state index contributed by atoms with van der Waals surface area (Å²) in [6.45, 7) is 3.27. The zero-order valence-corrected chi connectivity index (χ0v) is 14.6. The normalized spacial score (nSPS) is 17.2. The average Bonchev–Trinajstić information content (AvgIpc) is 2.95. The van der Waals surface area contributed by atoms with E-state index in [2.05, 4.69) is 17.6 Å². The third-order valence-corrected chi connectivity index (χ3v) is 4.20. The zero-order chi connectivity index (χ0) is 16.8. The first kappa shape index (κ1) is 17.9. The minimum atomic E-state index is -0.415. The van der Waals surface area contributed by atoms with Crippen LogP contribution in [0, 0.1) is 0 Å². The van der Waals surface area contributed by atoms with Gasteiger partial charge in [-0.1, -0.05) is 36.5 Å². The van der Waals surface area contributed by atoms with E-state index >= 15 is 0 Å². The van der Waals surface area contributed by atoms with Gasteiger partial charge in [0.15, 0.2) is 0 Å². The molecule has 1 heterocycles. The molecule has 1 fully saturated rings. The molecule has 0 saturated carbocycles. The van der Waals surface area contributed by atoms with Gasteiger partial charge >= 0.3 is 6.03 Å². The molecule has 1 unspecified atom stereocenters. The van der Waals surface area contributed by atoms with Crippen molar-refractivity contribution in [3.05, 3.63) is 28.2 Å². The first-order chi connectivity index (χ1) is 11.0. The molecule has 0 bridgehead atoms. The molecule has 3 amide bonds. The fourth-order valence-corrected chi connectivity index (χ4v) is 3.14. The van der Waals surface area contributed by atoms with E-state index in [1.807, 2.05) is 0 Å². The van der Waals surface area contributed by atoms with Crippen LogP contribution in [0.25, 0.3) is 0 Å². The summed E-state index contributed by atoms with van der Waals surface area (Å²) in [5.41, 5.74) is 0.518. The Morgan fingerprint density at radius 2 is 1.96 bits per heavy atom. The number of nitrogens with one attached hydrogen (secondary N) is 2. The highest BCUT2D eigenvalue weighted by Gasteiger charge is 2.33. The van der Waals surface area contributed by atoms with E-state index in [0.717, 1.165) is 19.3 Å². The summed E-state index contributed by atoms with van der Waals surface area (Å²) in [4.78, 5) is 26.2. The molecule has 1 atom stereocenters. The van der Waals surface area contributed by atoms with Gasteiger partial charge in [-0.05, 0) is 37.5 Å². The number of hydrogen-bond donors (Lipinski definition) is 2. The van der Waals surface area contributed by atoms with Crippen molar-refractivity contribution in [1.29, 1.82) is 0 Å². The zero-order valence-electron chi connectivity index (χ0n) is 13.1. The second kappa shape index (κ2) is 8.41. The highest BCUT2D eigenvalue weighted by Crippen LogP contribution is 2.24. The molecule has 0 radical (unpaired) electrons. The number of likely N-dealkylation sites (tertiary alicyclic amines) is 1. The summed E-state index contributed by atoms with van der Waals surface area (Å²) in [5, 5.41) is 6.54. The molecule has 0 aliphatic carbocycles. The van der Waals surface area contributed by atoms with Crippen LogP contribution in [-0.4, -0.2) is 36.0 Å². The molecule has 1 aromatic carbocycles. The number of nitrogens with zero attached hydrogens (tertiary/aromatic N) is 1. The average molecular weight is 358 g/mol. The summed E-state index contributed by atoms with van der Waals surface area (Å²) in [6.07, 6.45) is 3.45. The standard InChI is InChI=1S/C16H21Cl2N3O2/c1-2-3-6-19-15(22)14-5-4-7-21(14)16(23)20-13-9-11(17)8-12(18)10-13/h8-10,14H,2-7H2,1H3,(H,19,22)(H,20,23). The molecule has 1 aliphatic rings. The highest BCUT2D eigenvalue weighted by atomic mass is 35.5. The Morgan fingerprint density at radius 3 is 2.61 bits per heavy atom. The molecule has 1 saturated heterocycles. The minimum Gasteiger partial charge on any atom is -0.354 e. The molecule has 5 nitrogen and oxygen atoms in total. The Kier molecular flexibility index (Phi) is 6.54. The Bertz CT molecular complexity index is 560. The molecule has 1 aliphatic heterocycles. The lowest BCUT2D eigenvalue weighted by molar-refractivity contribution is -0.124. The van der Waals surface area contributed by atoms with E-state index in [1.54, 1.807) is 23.1 Å². The number of anilines is 1. The summed E-state index contributed by atoms with van der Waals surface area (Å²) in [5.74, 6) is -0.0878. The van der Waals surface area contributed by atoms with Crippen molar-refractivity contribution in [2.75, 3.05) is 18.4 Å². The Balaban J connectivity index is 1.98. The molecule has 2 N–H and O–H groups in total. The third-order valence-electron chi connectivity index (χ3n) is 3.76. The number of hydrogen-bond acceptors (Lipinski definition) is 2. The number of carbonyl (C=O) groups excluding carboxylic acids is 2. The Labute approximate surface area is 146 Å². The van der Waals surface area contributed by atoms with Crippen molar-refractivity contribution in [3.8, 4) is 0 Å². The van der Waals surface area contributed by atoms with E-state index in [0.29, 0.717) is 35.2 Å². The molecular formula is C16H21Cl2N3O2. The predicted octanol–water partition coefficient (Wildman–Crippen LogP) is 3.91. The topological polar surface area (TPSA) is 61.4 Å². The molecule has 7 heteroatoms. The van der Waals surface area contributed by atoms with E-state index in [4.69, 9.17) is 23.2 Å². The van der Waals surface area contributed by atoms with Crippen LogP contribution in [0.3, 0.4) is 0 Å². The fraction of sp³-hybridized carbons (Fsp3) is 0.500. The summed E-state index contributed by atoms with van der Waals surface area (Å²) < 4.78 is 0. The maximum absolute atomic E-state index is 12.4. The lowest BCUT2D eigenvalue weighted by Crippen LogP contribution is -2.47. The molecule has 126 valence electrons. The van der Waals surface area contributed by atoms with Crippen LogP contribution >= 0.6 is 23.2 Å². The lowest BCUT2D eigenvalue weighted by atomic mass is 10.2. The van der Waals surface area contributed by atoms with Crippen LogP contribution < -0.4 is 10.6 Å². The van der Waals surface area contributed by atoms with Gasteiger partial charge in [0.2, 0.25) is 5.91 Å². The SMILES string of the molecule is CCCCNC(=O)C1CCCN1C(=O)Nc1cc(Cl)cc(Cl)c1. The smallest absolute Gasteiger partial charge is 0.322 e. The molecule has 0 aromatic heterocycles. The van der Waals surface area contributed by atoms with Crippen molar-refractivity contribution in [2.24, 2.45) is 0 Å². The second-order valence-corrected chi connectivity index (χ2v) is 6.46. The molecular weight excluding hydrogens is 337 g/mol. The van der Waals surface area contributed by atoms with Crippen LogP contribution in [0.2, 0.25) is 10.0 Å². The van der Waals surface area contributed by atoms with Crippen molar-refractivity contribution in [1.82, 2.24) is 10.2 Å². The van der Waals surface area contributed by atoms with E-state index in [1.165, 1.54) is 0 Å². The number of benzene rings is 1. The van der Waals surface area contributed by atoms with Gasteiger partial charge < -0.3 is 15.5 Å². The van der Waals surface area contributed by atoms with Crippen LogP contribution in [0.1, 0.15) is 32.6 Å². The number of amides is 3. The van der Waals surface area contributed by atoms with E-state index in [9.17, 15) is 9.59 Å². The first-order valence-electron chi connectivity index (χ1n) is 7.82. The largest absolute Gasteiger partial charge is 0.354 e. The van der Waals surface area contributed by atoms with Gasteiger partial charge in [0.25, 0.3) is 0 Å². The van der Waals surface area contributed by atoms with E-state index in [-0.39, 0.29) is 11.9 Å². The number of urea groups is 1. The Morgan fingerprint density at radius 1 is 1.26 bits per heavy atom. The van der Waals surface area contributed by atoms with Crippen molar-refractivity contribution in [2.45, 2.75) is 38.6 Å². The number of rotatable bonds is 5. The molecule has 1 aromatic rings. The summed E-state index contributed by atoms with van der Waals surface area (Å²) >= 11 is 11.9. The van der Waals surface area contributed by atoms with Gasteiger partial charge in [0, 0.05) is 28.8 Å². The fourth-order valence-electron chi connectivity index (χ4n) is 2.61. The van der Waals surface area contributed by atoms with Gasteiger partial charge in [-0.2, -0.15) is 0 Å². The van der Waals surface area contributed by atoms with Crippen molar-refractivity contribution >= 4 is 40.8 Å². The van der Waals surface area contributed by atoms with Crippen LogP contribution in [0.4, 0.5) is 10.5 Å². The van der Waals surface area contributed by atoms with Crippen LogP contribution in [-0.2, 0) is 4.79 Å². The lowest BCUT2D eigenvalue weighted by Gasteiger charge is -2.24. The predicted molar refractivity (Wildman–Crippen MR) is 93.1 cm³/mol. The molecule has 2 rings (SSSR count). The summed E-state index contributed by atoms with van der Waals surface area (Å²) in [6, 6.07) is 4.12. The number of unbranched alkanes of at least 4 members (excludes halogenated alkanes) is 1. The van der Waals surface area contributed by atoms with Gasteiger partial charge in [-0.15, -0.1) is 0 Å². The van der Waals surface area contributed by atoms with Crippen molar-refractivity contribution in [3.63, 3.8) is 0 Å². The molecule has 23 heavy (non-hydrogen) atoms. The van der Waals surface area contributed by atoms with Gasteiger partial charge in [-0.25, -0.2) is 4.79 Å². The van der Waals surface area contributed by atoms with E-state index < -0.39 is 6.04 Å². The van der Waals surface area contributed by atoms with Gasteiger partial charge in [-0.3, -0.25) is 4.79 Å². The van der Waals surface area contributed by atoms with Crippen molar-refractivity contribution < 1.29 is 9.59 Å². The van der Waals surface area contributed by atoms with Crippen LogP contribution in [0.15, 0.2) is 18.2 Å². The first-order valence-corrected chi connectivity index (χ1v) is 8.58. The van der Waals surface area contributed by atoms with Gasteiger partial charge in [0.05, 0.1) is 0 Å². The summed E-state index contributed by atoms with van der Waals surface area (Å²) in [7, 11) is 0. The minimum absolute atomic E-state index is 0.0878. The quantitative estimate of drug-likeness (QED) is 0.784. The highest BCUT2D eigenvalue weighted by molar-refractivity contribution is 6.35. The number of halogens is 2. The Hall–Kier alpha value is -1.46. The number of carbonyl (C=O) groups is 2. The molecule has 0 spiro atoms. The maximum atomic E-state index is 12.4. The van der Waals surface area contributed by atoms with Gasteiger partial charge in [0.1, 0.15) is 6.04 Å². The second-order valence-electron chi connectivity index (χ2n) is 5.58. The van der Waals surface area contributed by atoms with Crippen LogP contribution in [0.5, 0.6) is 0 Å². The third kappa shape index (κ3) is 5.01. The monoisotopic (exact) mass is 357 g/mol.